The smallest absolute Gasteiger partial charge is 0.284 e. The standard InChI is InChI=1S/C6HBr2F3OS/c7-3-1-2(5(8)13-3)4(12)6(9,10)11/h1H. The van der Waals surface area contributed by atoms with Gasteiger partial charge < -0.3 is 0 Å². The summed E-state index contributed by atoms with van der Waals surface area (Å²) in [6.07, 6.45) is -4.82. The maximum atomic E-state index is 11.9. The third-order valence-corrected chi connectivity index (χ3v) is 3.50. The first-order valence-corrected chi connectivity index (χ1v) is 5.29. The van der Waals surface area contributed by atoms with Crippen molar-refractivity contribution in [2.75, 3.05) is 0 Å². The highest BCUT2D eigenvalue weighted by Crippen LogP contribution is 2.35. The summed E-state index contributed by atoms with van der Waals surface area (Å²) < 4.78 is 36.5. The van der Waals surface area contributed by atoms with Crippen LogP contribution in [0.4, 0.5) is 13.2 Å². The maximum absolute atomic E-state index is 11.9. The lowest BCUT2D eigenvalue weighted by molar-refractivity contribution is -0.0885. The van der Waals surface area contributed by atoms with Gasteiger partial charge in [-0.05, 0) is 37.9 Å². The molecule has 1 nitrogen and oxygen atoms in total. The van der Waals surface area contributed by atoms with Crippen molar-refractivity contribution in [2.24, 2.45) is 0 Å². The van der Waals surface area contributed by atoms with Crippen LogP contribution in [-0.2, 0) is 0 Å². The molecule has 0 radical (unpaired) electrons. The van der Waals surface area contributed by atoms with Gasteiger partial charge in [-0.3, -0.25) is 4.79 Å². The normalized spacial score (nSPS) is 11.8. The summed E-state index contributed by atoms with van der Waals surface area (Å²) in [7, 11) is 0. The molecule has 0 aliphatic rings. The SMILES string of the molecule is O=C(c1cc(Br)sc1Br)C(F)(F)F. The highest BCUT2D eigenvalue weighted by Gasteiger charge is 2.40. The molecule has 0 aliphatic heterocycles. The number of hydrogen-bond donors (Lipinski definition) is 0. The van der Waals surface area contributed by atoms with E-state index in [1.165, 1.54) is 0 Å². The Bertz CT molecular complexity index is 344. The van der Waals surface area contributed by atoms with Crippen molar-refractivity contribution in [3.8, 4) is 0 Å². The fourth-order valence-electron chi connectivity index (χ4n) is 0.648. The summed E-state index contributed by atoms with van der Waals surface area (Å²) in [6, 6.07) is 1.14. The largest absolute Gasteiger partial charge is 0.454 e. The molecule has 0 unspecified atom stereocenters. The van der Waals surface area contributed by atoms with Gasteiger partial charge in [0, 0.05) is 0 Å². The zero-order chi connectivity index (χ0) is 10.2. The molecule has 0 bridgehead atoms. The molecule has 0 saturated carbocycles. The number of carbonyl (C=O) groups excluding carboxylic acids is 1. The van der Waals surface area contributed by atoms with E-state index in [2.05, 4.69) is 31.9 Å². The quantitative estimate of drug-likeness (QED) is 0.707. The maximum Gasteiger partial charge on any atom is 0.454 e. The second-order valence-corrected chi connectivity index (χ2v) is 5.81. The van der Waals surface area contributed by atoms with Crippen molar-refractivity contribution in [2.45, 2.75) is 6.18 Å². The summed E-state index contributed by atoms with van der Waals surface area (Å²) in [6.45, 7) is 0. The van der Waals surface area contributed by atoms with Crippen LogP contribution in [0.2, 0.25) is 0 Å². The van der Waals surface area contributed by atoms with E-state index in [0.717, 1.165) is 17.4 Å². The fraction of sp³-hybridized carbons (Fsp3) is 0.167. The van der Waals surface area contributed by atoms with Crippen LogP contribution >= 0.6 is 43.2 Å². The molecule has 72 valence electrons. The first-order chi connectivity index (χ1) is 5.82. The van der Waals surface area contributed by atoms with Gasteiger partial charge in [0.25, 0.3) is 5.78 Å². The highest BCUT2D eigenvalue weighted by atomic mass is 79.9. The number of carbonyl (C=O) groups is 1. The first-order valence-electron chi connectivity index (χ1n) is 2.88. The number of rotatable bonds is 1. The van der Waals surface area contributed by atoms with Gasteiger partial charge in [0.05, 0.1) is 13.1 Å². The van der Waals surface area contributed by atoms with Gasteiger partial charge in [0.1, 0.15) is 0 Å². The van der Waals surface area contributed by atoms with Gasteiger partial charge in [0.2, 0.25) is 0 Å². The van der Waals surface area contributed by atoms with Crippen LogP contribution in [0, 0.1) is 0 Å². The molecule has 0 N–H and O–H groups in total. The van der Waals surface area contributed by atoms with Crippen molar-refractivity contribution >= 4 is 49.0 Å². The summed E-state index contributed by atoms with van der Waals surface area (Å²) in [4.78, 5) is 10.7. The van der Waals surface area contributed by atoms with Crippen LogP contribution in [0.25, 0.3) is 0 Å². The zero-order valence-corrected chi connectivity index (χ0v) is 9.77. The van der Waals surface area contributed by atoms with E-state index in [1.54, 1.807) is 0 Å². The van der Waals surface area contributed by atoms with E-state index in [9.17, 15) is 18.0 Å². The lowest BCUT2D eigenvalue weighted by Crippen LogP contribution is -2.22. The number of ketones is 1. The average Bonchev–Trinajstić information content (AvgIpc) is 2.26. The summed E-state index contributed by atoms with van der Waals surface area (Å²) in [5.41, 5.74) is -0.357. The van der Waals surface area contributed by atoms with Crippen LogP contribution in [0.3, 0.4) is 0 Å². The van der Waals surface area contributed by atoms with Crippen LogP contribution in [0.15, 0.2) is 13.6 Å². The Morgan fingerprint density at radius 3 is 2.23 bits per heavy atom. The molecule has 1 aromatic rings. The van der Waals surface area contributed by atoms with Gasteiger partial charge in [-0.25, -0.2) is 0 Å². The summed E-state index contributed by atoms with van der Waals surface area (Å²) in [5, 5.41) is 0. The minimum Gasteiger partial charge on any atom is -0.284 e. The van der Waals surface area contributed by atoms with E-state index in [-0.39, 0.29) is 9.35 Å². The van der Waals surface area contributed by atoms with Crippen molar-refractivity contribution in [3.63, 3.8) is 0 Å². The predicted molar refractivity (Wildman–Crippen MR) is 50.1 cm³/mol. The Labute approximate surface area is 92.2 Å². The number of thiophene rings is 1. The molecule has 0 spiro atoms. The van der Waals surface area contributed by atoms with Crippen molar-refractivity contribution < 1.29 is 18.0 Å². The van der Waals surface area contributed by atoms with E-state index < -0.39 is 12.0 Å². The molecular formula is C6HBr2F3OS. The predicted octanol–water partition coefficient (Wildman–Crippen LogP) is 4.02. The summed E-state index contributed by atoms with van der Waals surface area (Å²) >= 11 is 6.89. The molecule has 0 amide bonds. The minimum absolute atomic E-state index is 0.182. The van der Waals surface area contributed by atoms with E-state index >= 15 is 0 Å². The molecule has 1 aromatic heterocycles. The molecule has 0 atom stereocenters. The molecule has 1 heterocycles. The molecular weight excluding hydrogens is 337 g/mol. The molecule has 0 aromatic carbocycles. The zero-order valence-electron chi connectivity index (χ0n) is 5.78. The van der Waals surface area contributed by atoms with Gasteiger partial charge in [-0.1, -0.05) is 0 Å². The Morgan fingerprint density at radius 2 is 1.92 bits per heavy atom. The van der Waals surface area contributed by atoms with Crippen molar-refractivity contribution in [1.29, 1.82) is 0 Å². The third-order valence-electron chi connectivity index (χ3n) is 1.16. The van der Waals surface area contributed by atoms with Gasteiger partial charge >= 0.3 is 6.18 Å². The number of Topliss-reactive ketones (excluding diaryl/α,β-unsaturated/α-hetero) is 1. The fourth-order valence-corrected chi connectivity index (χ4v) is 3.44. The molecule has 1 rings (SSSR count). The van der Waals surface area contributed by atoms with Crippen LogP contribution in [0.5, 0.6) is 0 Å². The number of alkyl halides is 3. The summed E-state index contributed by atoms with van der Waals surface area (Å²) in [5.74, 6) is -1.83. The second kappa shape index (κ2) is 3.70. The highest BCUT2D eigenvalue weighted by molar-refractivity contribution is 9.12. The van der Waals surface area contributed by atoms with Gasteiger partial charge in [-0.15, -0.1) is 11.3 Å². The van der Waals surface area contributed by atoms with Crippen molar-refractivity contribution in [1.82, 2.24) is 0 Å². The average molecular weight is 338 g/mol. The third kappa shape index (κ3) is 2.54. The Hall–Kier alpha value is 0.120. The van der Waals surface area contributed by atoms with E-state index in [1.807, 2.05) is 0 Å². The minimum atomic E-state index is -4.82. The van der Waals surface area contributed by atoms with Crippen LogP contribution < -0.4 is 0 Å². The molecule has 0 aliphatic carbocycles. The molecule has 7 heteroatoms. The van der Waals surface area contributed by atoms with E-state index in [4.69, 9.17) is 0 Å². The Balaban J connectivity index is 3.09. The molecule has 0 fully saturated rings. The molecule has 13 heavy (non-hydrogen) atoms. The Kier molecular flexibility index (Phi) is 3.19. The first kappa shape index (κ1) is 11.2. The lowest BCUT2D eigenvalue weighted by Gasteiger charge is -2.02. The van der Waals surface area contributed by atoms with Gasteiger partial charge in [0.15, 0.2) is 0 Å². The van der Waals surface area contributed by atoms with Gasteiger partial charge in [-0.2, -0.15) is 13.2 Å². The number of halogens is 5. The second-order valence-electron chi connectivity index (χ2n) is 2.06. The topological polar surface area (TPSA) is 17.1 Å². The molecule has 0 saturated heterocycles. The van der Waals surface area contributed by atoms with E-state index in [0.29, 0.717) is 3.79 Å². The van der Waals surface area contributed by atoms with Crippen LogP contribution in [0.1, 0.15) is 10.4 Å². The Morgan fingerprint density at radius 1 is 1.38 bits per heavy atom. The number of hydrogen-bond acceptors (Lipinski definition) is 2. The lowest BCUT2D eigenvalue weighted by atomic mass is 10.2. The van der Waals surface area contributed by atoms with Crippen molar-refractivity contribution in [3.05, 3.63) is 19.2 Å². The monoisotopic (exact) mass is 336 g/mol. The van der Waals surface area contributed by atoms with Crippen LogP contribution in [-0.4, -0.2) is 12.0 Å².